The molecule has 7 nitrogen and oxygen atoms in total. The second kappa shape index (κ2) is 8.18. The SMILES string of the molecule is COc1nn2cc(-c3cc4c(OCc5csc(-c6ccccc6)n5)cc(Cl)cc4o3)nc2s1. The molecule has 4 heterocycles. The zero-order chi connectivity index (χ0) is 22.4. The highest BCUT2D eigenvalue weighted by atomic mass is 35.5. The normalized spacial score (nSPS) is 11.5. The molecule has 0 aliphatic rings. The lowest BCUT2D eigenvalue weighted by Gasteiger charge is -2.06. The van der Waals surface area contributed by atoms with Crippen molar-refractivity contribution in [2.45, 2.75) is 6.61 Å². The molecule has 0 unspecified atom stereocenters. The molecule has 4 aromatic heterocycles. The quantitative estimate of drug-likeness (QED) is 0.261. The van der Waals surface area contributed by atoms with Crippen LogP contribution in [0.3, 0.4) is 0 Å². The lowest BCUT2D eigenvalue weighted by Crippen LogP contribution is -1.96. The average molecular weight is 495 g/mol. The number of thiazole rings is 1. The Hall–Kier alpha value is -3.40. The van der Waals surface area contributed by atoms with E-state index >= 15 is 0 Å². The van der Waals surface area contributed by atoms with Crippen molar-refractivity contribution in [3.8, 4) is 33.0 Å². The van der Waals surface area contributed by atoms with Gasteiger partial charge in [0.15, 0.2) is 5.76 Å². The van der Waals surface area contributed by atoms with Crippen molar-refractivity contribution >= 4 is 50.2 Å². The molecule has 0 aliphatic carbocycles. The summed E-state index contributed by atoms with van der Waals surface area (Å²) < 4.78 is 19.0. The first-order valence-corrected chi connectivity index (χ1v) is 12.0. The number of imidazole rings is 1. The van der Waals surface area contributed by atoms with E-state index in [2.05, 4.69) is 10.1 Å². The molecule has 0 fully saturated rings. The van der Waals surface area contributed by atoms with Gasteiger partial charge in [-0.25, -0.2) is 14.5 Å². The molecule has 0 N–H and O–H groups in total. The molecular weight excluding hydrogens is 480 g/mol. The van der Waals surface area contributed by atoms with Crippen LogP contribution in [0.2, 0.25) is 5.02 Å². The summed E-state index contributed by atoms with van der Waals surface area (Å²) in [4.78, 5) is 10.00. The molecule has 0 spiro atoms. The summed E-state index contributed by atoms with van der Waals surface area (Å²) in [6.45, 7) is 0.323. The second-order valence-corrected chi connectivity index (χ2v) is 9.36. The fraction of sp³-hybridized carbons (Fsp3) is 0.0870. The van der Waals surface area contributed by atoms with Gasteiger partial charge in [-0.15, -0.1) is 16.4 Å². The van der Waals surface area contributed by atoms with E-state index in [1.807, 2.05) is 41.8 Å². The van der Waals surface area contributed by atoms with Crippen LogP contribution in [-0.4, -0.2) is 26.7 Å². The maximum Gasteiger partial charge on any atom is 0.294 e. The van der Waals surface area contributed by atoms with Gasteiger partial charge in [0.2, 0.25) is 4.96 Å². The van der Waals surface area contributed by atoms with E-state index in [4.69, 9.17) is 30.5 Å². The van der Waals surface area contributed by atoms with Crippen molar-refractivity contribution < 1.29 is 13.9 Å². The van der Waals surface area contributed by atoms with E-state index in [1.54, 1.807) is 41.3 Å². The van der Waals surface area contributed by atoms with Crippen LogP contribution in [-0.2, 0) is 6.61 Å². The Kier molecular flexibility index (Phi) is 5.01. The van der Waals surface area contributed by atoms with Crippen molar-refractivity contribution in [3.63, 3.8) is 0 Å². The van der Waals surface area contributed by atoms with Crippen LogP contribution in [0, 0.1) is 0 Å². The highest BCUT2D eigenvalue weighted by molar-refractivity contribution is 7.18. The van der Waals surface area contributed by atoms with Gasteiger partial charge in [0.1, 0.15) is 28.6 Å². The van der Waals surface area contributed by atoms with Crippen LogP contribution in [0.1, 0.15) is 5.69 Å². The average Bonchev–Trinajstić information content (AvgIpc) is 3.59. The predicted molar refractivity (Wildman–Crippen MR) is 130 cm³/mol. The first-order chi connectivity index (χ1) is 16.2. The molecule has 10 heteroatoms. The Morgan fingerprint density at radius 2 is 2.00 bits per heavy atom. The highest BCUT2D eigenvalue weighted by Crippen LogP contribution is 2.37. The van der Waals surface area contributed by atoms with Crippen molar-refractivity contribution in [2.24, 2.45) is 0 Å². The summed E-state index contributed by atoms with van der Waals surface area (Å²) in [5.41, 5.74) is 3.23. The van der Waals surface area contributed by atoms with Gasteiger partial charge in [0.25, 0.3) is 5.19 Å². The first-order valence-electron chi connectivity index (χ1n) is 9.92. The van der Waals surface area contributed by atoms with E-state index in [0.29, 0.717) is 39.6 Å². The van der Waals surface area contributed by atoms with E-state index in [0.717, 1.165) is 26.6 Å². The molecule has 0 saturated heterocycles. The Bertz CT molecular complexity index is 1550. The number of ether oxygens (including phenoxy) is 2. The van der Waals surface area contributed by atoms with Gasteiger partial charge < -0.3 is 13.9 Å². The van der Waals surface area contributed by atoms with Crippen LogP contribution in [0.25, 0.3) is 38.0 Å². The summed E-state index contributed by atoms with van der Waals surface area (Å²) in [5, 5.41) is 9.16. The topological polar surface area (TPSA) is 74.7 Å². The van der Waals surface area contributed by atoms with Crippen molar-refractivity contribution in [1.29, 1.82) is 0 Å². The largest absolute Gasteiger partial charge is 0.486 e. The summed E-state index contributed by atoms with van der Waals surface area (Å²) in [6, 6.07) is 15.5. The van der Waals surface area contributed by atoms with Crippen molar-refractivity contribution in [3.05, 3.63) is 70.8 Å². The van der Waals surface area contributed by atoms with Gasteiger partial charge in [-0.05, 0) is 23.5 Å². The molecule has 6 rings (SSSR count). The Morgan fingerprint density at radius 3 is 2.82 bits per heavy atom. The zero-order valence-corrected chi connectivity index (χ0v) is 19.6. The Morgan fingerprint density at radius 1 is 1.12 bits per heavy atom. The molecular formula is C23H15ClN4O3S2. The number of benzene rings is 2. The third kappa shape index (κ3) is 3.84. The molecule has 0 atom stereocenters. The fourth-order valence-electron chi connectivity index (χ4n) is 3.44. The van der Waals surface area contributed by atoms with Crippen LogP contribution < -0.4 is 9.47 Å². The molecule has 164 valence electrons. The van der Waals surface area contributed by atoms with Crippen LogP contribution in [0.5, 0.6) is 10.9 Å². The molecule has 33 heavy (non-hydrogen) atoms. The van der Waals surface area contributed by atoms with Crippen LogP contribution >= 0.6 is 34.3 Å². The van der Waals surface area contributed by atoms with Gasteiger partial charge in [-0.1, -0.05) is 41.9 Å². The van der Waals surface area contributed by atoms with Gasteiger partial charge in [-0.2, -0.15) is 0 Å². The number of hydrogen-bond donors (Lipinski definition) is 0. The molecule has 0 radical (unpaired) electrons. The van der Waals surface area contributed by atoms with Crippen molar-refractivity contribution in [1.82, 2.24) is 19.6 Å². The number of furan rings is 1. The highest BCUT2D eigenvalue weighted by Gasteiger charge is 2.17. The van der Waals surface area contributed by atoms with Crippen LogP contribution in [0.4, 0.5) is 0 Å². The lowest BCUT2D eigenvalue weighted by atomic mass is 10.2. The number of rotatable bonds is 6. The number of aromatic nitrogens is 4. The Balaban J connectivity index is 1.28. The summed E-state index contributed by atoms with van der Waals surface area (Å²) in [5.74, 6) is 1.23. The third-order valence-corrected chi connectivity index (χ3v) is 7.01. The van der Waals surface area contributed by atoms with E-state index in [1.165, 1.54) is 11.3 Å². The van der Waals surface area contributed by atoms with E-state index in [9.17, 15) is 0 Å². The molecule has 0 bridgehead atoms. The minimum atomic E-state index is 0.323. The Labute approximate surface area is 200 Å². The number of halogens is 1. The molecule has 6 aromatic rings. The van der Waals surface area contributed by atoms with Crippen molar-refractivity contribution in [2.75, 3.05) is 7.11 Å². The third-order valence-electron chi connectivity index (χ3n) is 4.96. The van der Waals surface area contributed by atoms with Crippen LogP contribution in [0.15, 0.2) is 64.5 Å². The smallest absolute Gasteiger partial charge is 0.294 e. The first kappa shape index (κ1) is 20.2. The molecule has 2 aromatic carbocycles. The van der Waals surface area contributed by atoms with Gasteiger partial charge in [0, 0.05) is 22.0 Å². The number of hydrogen-bond acceptors (Lipinski definition) is 8. The monoisotopic (exact) mass is 494 g/mol. The molecule has 0 aliphatic heterocycles. The molecule has 0 saturated carbocycles. The number of nitrogens with zero attached hydrogens (tertiary/aromatic N) is 4. The zero-order valence-electron chi connectivity index (χ0n) is 17.2. The van der Waals surface area contributed by atoms with Gasteiger partial charge in [0.05, 0.1) is 24.4 Å². The van der Waals surface area contributed by atoms with E-state index in [-0.39, 0.29) is 0 Å². The number of methoxy groups -OCH3 is 1. The minimum absolute atomic E-state index is 0.323. The fourth-order valence-corrected chi connectivity index (χ4v) is 5.15. The minimum Gasteiger partial charge on any atom is -0.486 e. The molecule has 0 amide bonds. The maximum atomic E-state index is 6.33. The summed E-state index contributed by atoms with van der Waals surface area (Å²) in [7, 11) is 1.58. The summed E-state index contributed by atoms with van der Waals surface area (Å²) in [6.07, 6.45) is 1.80. The predicted octanol–water partition coefficient (Wildman–Crippen LogP) is 6.57. The number of fused-ring (bicyclic) bond motifs is 2. The maximum absolute atomic E-state index is 6.33. The summed E-state index contributed by atoms with van der Waals surface area (Å²) >= 11 is 9.28. The second-order valence-electron chi connectivity index (χ2n) is 7.15. The van der Waals surface area contributed by atoms with Gasteiger partial charge >= 0.3 is 0 Å². The van der Waals surface area contributed by atoms with Gasteiger partial charge in [-0.3, -0.25) is 0 Å². The van der Waals surface area contributed by atoms with E-state index < -0.39 is 0 Å². The lowest BCUT2D eigenvalue weighted by molar-refractivity contribution is 0.306. The standard InChI is InChI=1S/C23H15ClN4O3S2/c1-29-23-27-28-10-17(26-22(28)33-23)20-9-16-18(7-14(24)8-19(16)31-20)30-11-15-12-32-21(25-15)13-5-3-2-4-6-13/h2-10,12H,11H2,1H3.